The summed E-state index contributed by atoms with van der Waals surface area (Å²) < 4.78 is 12.2. The largest absolute Gasteiger partial charge is 0.460 e. The first-order valence-corrected chi connectivity index (χ1v) is 9.91. The van der Waals surface area contributed by atoms with Crippen LogP contribution >= 0.6 is 0 Å². The van der Waals surface area contributed by atoms with Gasteiger partial charge in [0.15, 0.2) is 11.4 Å². The maximum absolute atomic E-state index is 12.6. The molecule has 0 saturated carbocycles. The second kappa shape index (κ2) is 7.75. The van der Waals surface area contributed by atoms with Gasteiger partial charge in [-0.15, -0.1) is 5.10 Å². The molecule has 0 spiro atoms. The van der Waals surface area contributed by atoms with Crippen LogP contribution in [0.2, 0.25) is 0 Å². The number of hydrogen-bond acceptors (Lipinski definition) is 8. The van der Waals surface area contributed by atoms with Gasteiger partial charge >= 0.3 is 0 Å². The van der Waals surface area contributed by atoms with Gasteiger partial charge in [-0.25, -0.2) is 4.98 Å². The van der Waals surface area contributed by atoms with Crippen LogP contribution in [0.5, 0.6) is 0 Å². The molecule has 3 aromatic heterocycles. The number of aromatic nitrogens is 4. The molecule has 5 rings (SSSR count). The molecule has 9 heteroatoms. The zero-order valence-corrected chi connectivity index (χ0v) is 16.7. The molecule has 1 saturated heterocycles. The molecule has 30 heavy (non-hydrogen) atoms. The number of nitrogens with zero attached hydrogens (tertiary/aromatic N) is 6. The Morgan fingerprint density at radius 3 is 2.80 bits per heavy atom. The number of methoxy groups -OCH3 is 1. The molecule has 154 valence electrons. The van der Waals surface area contributed by atoms with Crippen LogP contribution in [-0.2, 0) is 11.3 Å². The van der Waals surface area contributed by atoms with Crippen molar-refractivity contribution in [1.82, 2.24) is 19.7 Å². The van der Waals surface area contributed by atoms with E-state index in [9.17, 15) is 4.79 Å². The fourth-order valence-corrected chi connectivity index (χ4v) is 3.87. The molecule has 0 bridgehead atoms. The van der Waals surface area contributed by atoms with Crippen LogP contribution in [0.3, 0.4) is 0 Å². The van der Waals surface area contributed by atoms with Gasteiger partial charge in [0.25, 0.3) is 5.56 Å². The van der Waals surface area contributed by atoms with Crippen LogP contribution in [0.15, 0.2) is 52.3 Å². The maximum Gasteiger partial charge on any atom is 0.261 e. The third kappa shape index (κ3) is 3.26. The molecule has 0 amide bonds. The van der Waals surface area contributed by atoms with E-state index in [-0.39, 0.29) is 5.56 Å². The molecule has 4 aromatic rings. The van der Waals surface area contributed by atoms with Crippen molar-refractivity contribution < 1.29 is 9.15 Å². The number of piperazine rings is 1. The van der Waals surface area contributed by atoms with Gasteiger partial charge in [-0.2, -0.15) is 5.10 Å². The van der Waals surface area contributed by atoms with E-state index >= 15 is 0 Å². The zero-order valence-electron chi connectivity index (χ0n) is 16.7. The number of anilines is 2. The summed E-state index contributed by atoms with van der Waals surface area (Å²) in [5.74, 6) is 0.786. The van der Waals surface area contributed by atoms with Crippen LogP contribution in [-0.4, -0.2) is 59.6 Å². The second-order valence-corrected chi connectivity index (χ2v) is 7.28. The lowest BCUT2D eigenvalue weighted by Gasteiger charge is -2.36. The maximum atomic E-state index is 12.6. The Balaban J connectivity index is 1.34. The molecular weight excluding hydrogens is 384 g/mol. The predicted octanol–water partition coefficient (Wildman–Crippen LogP) is 1.91. The minimum Gasteiger partial charge on any atom is -0.460 e. The highest BCUT2D eigenvalue weighted by molar-refractivity contribution is 5.86. The van der Waals surface area contributed by atoms with Gasteiger partial charge in [0, 0.05) is 44.4 Å². The Morgan fingerprint density at radius 1 is 1.13 bits per heavy atom. The lowest BCUT2D eigenvalue weighted by molar-refractivity contribution is 0.186. The van der Waals surface area contributed by atoms with Gasteiger partial charge in [0.05, 0.1) is 42.8 Å². The van der Waals surface area contributed by atoms with Gasteiger partial charge in [-0.1, -0.05) is 0 Å². The second-order valence-electron chi connectivity index (χ2n) is 7.28. The van der Waals surface area contributed by atoms with E-state index in [4.69, 9.17) is 9.15 Å². The molecule has 1 aliphatic rings. The van der Waals surface area contributed by atoms with Crippen molar-refractivity contribution in [2.75, 3.05) is 49.7 Å². The van der Waals surface area contributed by atoms with Crippen molar-refractivity contribution >= 4 is 33.4 Å². The molecule has 0 unspecified atom stereocenters. The van der Waals surface area contributed by atoms with E-state index in [1.807, 2.05) is 24.3 Å². The molecule has 1 fully saturated rings. The fourth-order valence-electron chi connectivity index (χ4n) is 3.87. The lowest BCUT2D eigenvalue weighted by Crippen LogP contribution is -2.47. The first-order valence-electron chi connectivity index (χ1n) is 9.91. The Kier molecular flexibility index (Phi) is 4.80. The summed E-state index contributed by atoms with van der Waals surface area (Å²) in [4.78, 5) is 21.6. The molecule has 1 aromatic carbocycles. The predicted molar refractivity (Wildman–Crippen MR) is 114 cm³/mol. The Labute approximate surface area is 172 Å². The van der Waals surface area contributed by atoms with Gasteiger partial charge in [0.1, 0.15) is 0 Å². The van der Waals surface area contributed by atoms with Crippen molar-refractivity contribution in [3.05, 3.63) is 53.4 Å². The van der Waals surface area contributed by atoms with E-state index in [1.54, 1.807) is 30.5 Å². The average Bonchev–Trinajstić information content (AvgIpc) is 3.28. The summed E-state index contributed by atoms with van der Waals surface area (Å²) >= 11 is 0. The number of ether oxygens (including phenoxy) is 1. The Bertz CT molecular complexity index is 1240. The summed E-state index contributed by atoms with van der Waals surface area (Å²) in [5, 5.41) is 9.96. The van der Waals surface area contributed by atoms with Crippen molar-refractivity contribution in [3.63, 3.8) is 0 Å². The minimum atomic E-state index is -0.0430. The Morgan fingerprint density at radius 2 is 1.97 bits per heavy atom. The number of benzene rings is 1. The van der Waals surface area contributed by atoms with Gasteiger partial charge < -0.3 is 19.0 Å². The Hall–Kier alpha value is -3.46. The van der Waals surface area contributed by atoms with E-state index in [0.717, 1.165) is 48.7 Å². The lowest BCUT2D eigenvalue weighted by atomic mass is 10.2. The minimum absolute atomic E-state index is 0.0430. The molecule has 1 aliphatic heterocycles. The summed E-state index contributed by atoms with van der Waals surface area (Å²) in [6.45, 7) is 4.24. The molecular formula is C21H22N6O3. The van der Waals surface area contributed by atoms with Crippen LogP contribution < -0.4 is 15.4 Å². The molecule has 0 aliphatic carbocycles. The summed E-state index contributed by atoms with van der Waals surface area (Å²) in [5.41, 5.74) is 2.50. The first kappa shape index (κ1) is 18.6. The smallest absolute Gasteiger partial charge is 0.261 e. The zero-order chi connectivity index (χ0) is 20.5. The van der Waals surface area contributed by atoms with E-state index in [2.05, 4.69) is 25.0 Å². The van der Waals surface area contributed by atoms with Crippen LogP contribution in [0.4, 0.5) is 11.5 Å². The van der Waals surface area contributed by atoms with E-state index in [0.29, 0.717) is 24.1 Å². The standard InChI is InChI=1S/C21H22N6O3/c1-29-11-9-27-14-22-18-12-16(2-3-17(18)21(27)28)25-5-7-26(8-6-25)20-19-15(4-10-30-19)13-23-24-20/h2-4,10,12-14H,5-9,11H2,1H3. The molecule has 0 radical (unpaired) electrons. The highest BCUT2D eigenvalue weighted by Gasteiger charge is 2.22. The summed E-state index contributed by atoms with van der Waals surface area (Å²) in [6.07, 6.45) is 4.97. The summed E-state index contributed by atoms with van der Waals surface area (Å²) in [6, 6.07) is 7.74. The molecule has 0 N–H and O–H groups in total. The number of rotatable bonds is 5. The van der Waals surface area contributed by atoms with Crippen molar-refractivity contribution in [1.29, 1.82) is 0 Å². The molecule has 9 nitrogen and oxygen atoms in total. The summed E-state index contributed by atoms with van der Waals surface area (Å²) in [7, 11) is 1.62. The van der Waals surface area contributed by atoms with Crippen LogP contribution in [0.1, 0.15) is 0 Å². The third-order valence-electron chi connectivity index (χ3n) is 5.54. The SMILES string of the molecule is COCCn1cnc2cc(N3CCN(c4nncc5ccoc45)CC3)ccc2c1=O. The average molecular weight is 406 g/mol. The van der Waals surface area contributed by atoms with Crippen molar-refractivity contribution in [2.45, 2.75) is 6.54 Å². The van der Waals surface area contributed by atoms with Gasteiger partial charge in [0.2, 0.25) is 0 Å². The number of fused-ring (bicyclic) bond motifs is 2. The van der Waals surface area contributed by atoms with E-state index < -0.39 is 0 Å². The van der Waals surface area contributed by atoms with E-state index in [1.165, 1.54) is 0 Å². The highest BCUT2D eigenvalue weighted by atomic mass is 16.5. The van der Waals surface area contributed by atoms with Crippen molar-refractivity contribution in [2.24, 2.45) is 0 Å². The van der Waals surface area contributed by atoms with Gasteiger partial charge in [-0.05, 0) is 24.3 Å². The van der Waals surface area contributed by atoms with Crippen molar-refractivity contribution in [3.8, 4) is 0 Å². The highest BCUT2D eigenvalue weighted by Crippen LogP contribution is 2.26. The quantitative estimate of drug-likeness (QED) is 0.497. The van der Waals surface area contributed by atoms with Crippen LogP contribution in [0.25, 0.3) is 21.9 Å². The fraction of sp³-hybridized carbons (Fsp3) is 0.333. The first-order chi connectivity index (χ1) is 14.7. The van der Waals surface area contributed by atoms with Gasteiger partial charge in [-0.3, -0.25) is 9.36 Å². The third-order valence-corrected chi connectivity index (χ3v) is 5.54. The monoisotopic (exact) mass is 406 g/mol. The van der Waals surface area contributed by atoms with Crippen LogP contribution in [0, 0.1) is 0 Å². The number of furan rings is 1. The normalized spacial score (nSPS) is 14.7. The topological polar surface area (TPSA) is 89.5 Å². The number of hydrogen-bond donors (Lipinski definition) is 0. The molecule has 4 heterocycles. The molecule has 0 atom stereocenters.